The van der Waals surface area contributed by atoms with Crippen LogP contribution >= 0.6 is 0 Å². The summed E-state index contributed by atoms with van der Waals surface area (Å²) in [6.07, 6.45) is -1.40. The van der Waals surface area contributed by atoms with Crippen molar-refractivity contribution in [2.45, 2.75) is 57.2 Å². The fourth-order valence-corrected chi connectivity index (χ4v) is 6.27. The van der Waals surface area contributed by atoms with Crippen molar-refractivity contribution < 1.29 is 26.7 Å². The molecule has 2 aliphatic carbocycles. The molecule has 0 amide bonds. The quantitative estimate of drug-likeness (QED) is 0.321. The number of hydrogen-bond acceptors (Lipinski definition) is 7. The summed E-state index contributed by atoms with van der Waals surface area (Å²) in [5.41, 5.74) is 5.74. The number of nitrogens with zero attached hydrogens (tertiary/aromatic N) is 6. The van der Waals surface area contributed by atoms with Crippen LogP contribution in [0.3, 0.4) is 0 Å². The molecule has 42 heavy (non-hydrogen) atoms. The molecule has 0 aromatic carbocycles. The lowest BCUT2D eigenvalue weighted by molar-refractivity contribution is -0.158. The van der Waals surface area contributed by atoms with Gasteiger partial charge in [-0.2, -0.15) is 13.2 Å². The zero-order chi connectivity index (χ0) is 29.6. The van der Waals surface area contributed by atoms with Crippen LogP contribution < -0.4 is 10.6 Å². The van der Waals surface area contributed by atoms with E-state index in [2.05, 4.69) is 15.7 Å². The minimum absolute atomic E-state index is 0.113. The van der Waals surface area contributed by atoms with E-state index in [9.17, 15) is 26.7 Å². The summed E-state index contributed by atoms with van der Waals surface area (Å²) >= 11 is 0. The number of halogens is 5. The van der Waals surface area contributed by atoms with E-state index in [1.165, 1.54) is 10.7 Å². The topological polar surface area (TPSA) is 86.0 Å². The van der Waals surface area contributed by atoms with Crippen molar-refractivity contribution in [2.24, 2.45) is 17.8 Å². The van der Waals surface area contributed by atoms with Gasteiger partial charge in [0.25, 0.3) is 11.5 Å². The van der Waals surface area contributed by atoms with Gasteiger partial charge in [-0.3, -0.25) is 4.79 Å². The van der Waals surface area contributed by atoms with E-state index in [1.807, 2.05) is 0 Å². The summed E-state index contributed by atoms with van der Waals surface area (Å²) in [7, 11) is 0. The predicted octanol–water partition coefficient (Wildman–Crippen LogP) is 4.79. The van der Waals surface area contributed by atoms with Gasteiger partial charge in [-0.05, 0) is 50.8 Å². The molecular weight excluding hydrogens is 559 g/mol. The average molecular weight is 587 g/mol. The van der Waals surface area contributed by atoms with Gasteiger partial charge in [-0.15, -0.1) is 5.73 Å². The van der Waals surface area contributed by atoms with Crippen LogP contribution in [0.2, 0.25) is 0 Å². The fraction of sp³-hybridized carbons (Fsp3) is 0.517. The number of rotatable bonds is 4. The number of aromatic nitrogens is 5. The zero-order valence-electron chi connectivity index (χ0n) is 22.8. The molecule has 5 heterocycles. The van der Waals surface area contributed by atoms with Crippen molar-refractivity contribution in [2.75, 3.05) is 24.7 Å². The predicted molar refractivity (Wildman–Crippen MR) is 142 cm³/mol. The molecular formula is C29H27F5N6O2. The molecule has 13 heteroatoms. The lowest BCUT2D eigenvalue weighted by Gasteiger charge is -2.30. The summed E-state index contributed by atoms with van der Waals surface area (Å²) in [5, 5.41) is 1.65. The second-order valence-electron chi connectivity index (χ2n) is 11.6. The Morgan fingerprint density at radius 2 is 1.79 bits per heavy atom. The molecule has 3 aromatic rings. The Bertz CT molecular complexity index is 1720. The van der Waals surface area contributed by atoms with Gasteiger partial charge in [-0.1, -0.05) is 0 Å². The highest BCUT2D eigenvalue weighted by atomic mass is 19.4. The SMILES string of the molecule is Cc1nc2nc(C3CCOC(c4ccc(=O)n(N5CC6C(C5)C6(F)F)c4)C3)nc(C3=C=C[C@H](C(F)(F)F)C3)c2nc1C. The van der Waals surface area contributed by atoms with Gasteiger partial charge in [0.1, 0.15) is 17.0 Å². The molecule has 5 atom stereocenters. The number of piperidine rings is 1. The first-order chi connectivity index (χ1) is 19.9. The average Bonchev–Trinajstić information content (AvgIpc) is 3.41. The van der Waals surface area contributed by atoms with Crippen molar-refractivity contribution in [1.82, 2.24) is 24.6 Å². The molecule has 3 aromatic heterocycles. The lowest BCUT2D eigenvalue weighted by Crippen LogP contribution is -2.43. The number of hydrogen-bond donors (Lipinski definition) is 0. The number of aryl methyl sites for hydroxylation is 2. The molecule has 3 fully saturated rings. The normalized spacial score (nSPS) is 28.3. The first-order valence-electron chi connectivity index (χ1n) is 13.9. The van der Waals surface area contributed by atoms with Gasteiger partial charge >= 0.3 is 6.18 Å². The van der Waals surface area contributed by atoms with Crippen LogP contribution in [0.4, 0.5) is 22.0 Å². The summed E-state index contributed by atoms with van der Waals surface area (Å²) in [6.45, 7) is 4.16. The van der Waals surface area contributed by atoms with E-state index in [4.69, 9.17) is 14.7 Å². The standard InChI is InChI=1S/C29H27F5N6O2/c1-14-15(2)36-27-25(35-14)24(16-3-5-19(9-16)29(32,33)34)37-26(38-27)17-7-8-42-22(10-17)18-4-6-23(41)40(11-18)39-12-20-21(13-39)28(20,30)31/h4-6,11,17,19-22H,7-10,12-13H2,1-2H3/t17?,19-,20?,21?,22?/m0/s1. The maximum atomic E-state index is 13.7. The van der Waals surface area contributed by atoms with E-state index < -0.39 is 36.0 Å². The molecule has 2 aliphatic heterocycles. The summed E-state index contributed by atoms with van der Waals surface area (Å²) in [5.74, 6) is -5.53. The number of fused-ring (bicyclic) bond motifs is 2. The van der Waals surface area contributed by atoms with E-state index in [0.717, 1.165) is 6.08 Å². The van der Waals surface area contributed by atoms with Crippen LogP contribution in [-0.2, 0) is 4.74 Å². The highest BCUT2D eigenvalue weighted by molar-refractivity contribution is 5.85. The van der Waals surface area contributed by atoms with Crippen LogP contribution in [-0.4, -0.2) is 56.4 Å². The molecule has 4 unspecified atom stereocenters. The Morgan fingerprint density at radius 1 is 1.05 bits per heavy atom. The summed E-state index contributed by atoms with van der Waals surface area (Å²) in [6, 6.07) is 3.08. The second-order valence-corrected chi connectivity index (χ2v) is 11.6. The molecule has 8 nitrogen and oxygen atoms in total. The minimum Gasteiger partial charge on any atom is -0.373 e. The molecule has 7 rings (SSSR count). The maximum Gasteiger partial charge on any atom is 0.396 e. The van der Waals surface area contributed by atoms with Crippen LogP contribution in [0.15, 0.2) is 34.9 Å². The number of alkyl halides is 5. The van der Waals surface area contributed by atoms with Crippen LogP contribution in [0.1, 0.15) is 59.8 Å². The van der Waals surface area contributed by atoms with Crippen LogP contribution in [0, 0.1) is 31.6 Å². The van der Waals surface area contributed by atoms with E-state index in [0.29, 0.717) is 64.7 Å². The van der Waals surface area contributed by atoms with Gasteiger partial charge in [-0.25, -0.2) is 33.4 Å². The third kappa shape index (κ3) is 4.50. The highest BCUT2D eigenvalue weighted by Crippen LogP contribution is 2.58. The Hall–Kier alpha value is -3.70. The fourth-order valence-electron chi connectivity index (χ4n) is 6.27. The molecule has 0 N–H and O–H groups in total. The Kier molecular flexibility index (Phi) is 6.08. The van der Waals surface area contributed by atoms with Crippen molar-refractivity contribution in [1.29, 1.82) is 0 Å². The number of ether oxygens (including phenoxy) is 1. The smallest absolute Gasteiger partial charge is 0.373 e. The first-order valence-corrected chi connectivity index (χ1v) is 13.9. The Labute approximate surface area is 236 Å². The van der Waals surface area contributed by atoms with Crippen LogP contribution in [0.5, 0.6) is 0 Å². The molecule has 4 aliphatic rings. The van der Waals surface area contributed by atoms with E-state index in [1.54, 1.807) is 31.1 Å². The maximum absolute atomic E-state index is 13.7. The molecule has 2 saturated heterocycles. The van der Waals surface area contributed by atoms with Gasteiger partial charge in [0.2, 0.25) is 0 Å². The second kappa shape index (κ2) is 9.40. The van der Waals surface area contributed by atoms with Gasteiger partial charge in [0.15, 0.2) is 5.65 Å². The zero-order valence-corrected chi connectivity index (χ0v) is 22.8. The summed E-state index contributed by atoms with van der Waals surface area (Å²) in [4.78, 5) is 31.2. The van der Waals surface area contributed by atoms with Gasteiger partial charge in [0, 0.05) is 43.5 Å². The number of allylic oxidation sites excluding steroid dienone is 1. The Balaban J connectivity index is 1.19. The first kappa shape index (κ1) is 27.2. The Morgan fingerprint density at radius 3 is 2.50 bits per heavy atom. The number of pyridine rings is 1. The largest absolute Gasteiger partial charge is 0.396 e. The molecule has 1 saturated carbocycles. The van der Waals surface area contributed by atoms with Crippen molar-refractivity contribution >= 4 is 16.7 Å². The van der Waals surface area contributed by atoms with Crippen molar-refractivity contribution in [3.63, 3.8) is 0 Å². The minimum atomic E-state index is -4.39. The monoisotopic (exact) mass is 586 g/mol. The molecule has 0 bridgehead atoms. The lowest BCUT2D eigenvalue weighted by atomic mass is 9.91. The molecule has 0 spiro atoms. The third-order valence-electron chi connectivity index (χ3n) is 8.97. The molecule has 220 valence electrons. The van der Waals surface area contributed by atoms with E-state index >= 15 is 0 Å². The van der Waals surface area contributed by atoms with Gasteiger partial charge < -0.3 is 9.75 Å². The highest BCUT2D eigenvalue weighted by Gasteiger charge is 2.72. The van der Waals surface area contributed by atoms with E-state index in [-0.39, 0.29) is 31.0 Å². The molecule has 0 radical (unpaired) electrons. The van der Waals surface area contributed by atoms with Crippen molar-refractivity contribution in [3.8, 4) is 0 Å². The summed E-state index contributed by atoms with van der Waals surface area (Å²) < 4.78 is 75.3. The van der Waals surface area contributed by atoms with Crippen molar-refractivity contribution in [3.05, 3.63) is 69.0 Å². The van der Waals surface area contributed by atoms with Gasteiger partial charge in [0.05, 0.1) is 35.2 Å². The van der Waals surface area contributed by atoms with Crippen LogP contribution in [0.25, 0.3) is 16.7 Å². The third-order valence-corrected chi connectivity index (χ3v) is 8.97.